The second-order valence-corrected chi connectivity index (χ2v) is 4.77. The Morgan fingerprint density at radius 2 is 2.06 bits per heavy atom. The highest BCUT2D eigenvalue weighted by Gasteiger charge is 2.27. The average molecular weight is 250 g/mol. The van der Waals surface area contributed by atoms with E-state index in [0.717, 1.165) is 25.5 Å². The van der Waals surface area contributed by atoms with E-state index < -0.39 is 0 Å². The molecular weight excluding hydrogens is 228 g/mol. The van der Waals surface area contributed by atoms with E-state index in [2.05, 4.69) is 29.4 Å². The monoisotopic (exact) mass is 250 g/mol. The van der Waals surface area contributed by atoms with Crippen molar-refractivity contribution in [2.24, 2.45) is 5.92 Å². The predicted octanol–water partition coefficient (Wildman–Crippen LogP) is 1.37. The third-order valence-corrected chi connectivity index (χ3v) is 3.59. The predicted molar refractivity (Wildman–Crippen MR) is 73.4 cm³/mol. The number of hydrogen-bond acceptors (Lipinski definition) is 4. The third kappa shape index (κ3) is 2.94. The standard InChI is InChI=1S/C14H22N2O2/c1-15-14-10-18-9-11(14)8-16(2)12-4-6-13(17-3)7-5-12/h4-7,11,14-15H,8-10H2,1-3H3. The molecule has 0 aliphatic carbocycles. The first-order valence-electron chi connectivity index (χ1n) is 6.34. The molecule has 0 aromatic heterocycles. The lowest BCUT2D eigenvalue weighted by molar-refractivity contribution is 0.183. The topological polar surface area (TPSA) is 33.7 Å². The van der Waals surface area contributed by atoms with Crippen molar-refractivity contribution in [2.75, 3.05) is 45.9 Å². The van der Waals surface area contributed by atoms with E-state index >= 15 is 0 Å². The van der Waals surface area contributed by atoms with Gasteiger partial charge in [-0.15, -0.1) is 0 Å². The van der Waals surface area contributed by atoms with Crippen LogP contribution in [0.4, 0.5) is 5.69 Å². The first-order valence-corrected chi connectivity index (χ1v) is 6.34. The summed E-state index contributed by atoms with van der Waals surface area (Å²) in [7, 11) is 5.80. The number of anilines is 1. The second kappa shape index (κ2) is 6.07. The van der Waals surface area contributed by atoms with E-state index in [1.54, 1.807) is 7.11 Å². The Hall–Kier alpha value is -1.26. The van der Waals surface area contributed by atoms with Crippen molar-refractivity contribution in [3.05, 3.63) is 24.3 Å². The summed E-state index contributed by atoms with van der Waals surface area (Å²) < 4.78 is 10.7. The van der Waals surface area contributed by atoms with E-state index in [1.165, 1.54) is 5.69 Å². The van der Waals surface area contributed by atoms with Crippen molar-refractivity contribution in [3.8, 4) is 5.75 Å². The minimum Gasteiger partial charge on any atom is -0.497 e. The second-order valence-electron chi connectivity index (χ2n) is 4.77. The zero-order valence-corrected chi connectivity index (χ0v) is 11.3. The van der Waals surface area contributed by atoms with Gasteiger partial charge in [0.15, 0.2) is 0 Å². The molecule has 4 heteroatoms. The summed E-state index contributed by atoms with van der Waals surface area (Å²) in [6.07, 6.45) is 0. The maximum Gasteiger partial charge on any atom is 0.119 e. The Morgan fingerprint density at radius 1 is 1.33 bits per heavy atom. The largest absolute Gasteiger partial charge is 0.497 e. The molecule has 1 aromatic rings. The van der Waals surface area contributed by atoms with Gasteiger partial charge >= 0.3 is 0 Å². The van der Waals surface area contributed by atoms with Crippen LogP contribution in [0, 0.1) is 5.92 Å². The van der Waals surface area contributed by atoms with Crippen molar-refractivity contribution in [2.45, 2.75) is 6.04 Å². The van der Waals surface area contributed by atoms with Crippen LogP contribution < -0.4 is 15.0 Å². The zero-order valence-electron chi connectivity index (χ0n) is 11.3. The number of hydrogen-bond donors (Lipinski definition) is 1. The van der Waals surface area contributed by atoms with Crippen LogP contribution in [0.3, 0.4) is 0 Å². The van der Waals surface area contributed by atoms with Gasteiger partial charge in [0, 0.05) is 31.2 Å². The Bertz CT molecular complexity index is 367. The van der Waals surface area contributed by atoms with Gasteiger partial charge in [-0.2, -0.15) is 0 Å². The highest BCUT2D eigenvalue weighted by atomic mass is 16.5. The van der Waals surface area contributed by atoms with E-state index in [0.29, 0.717) is 12.0 Å². The van der Waals surface area contributed by atoms with Crippen molar-refractivity contribution in [3.63, 3.8) is 0 Å². The number of nitrogens with one attached hydrogen (secondary N) is 1. The SMILES string of the molecule is CNC1COCC1CN(C)c1ccc(OC)cc1. The van der Waals surface area contributed by atoms with Gasteiger partial charge in [0.1, 0.15) is 5.75 Å². The molecular formula is C14H22N2O2. The Kier molecular flexibility index (Phi) is 4.44. The van der Waals surface area contributed by atoms with Crippen LogP contribution in [0.1, 0.15) is 0 Å². The Labute approximate surface area is 109 Å². The van der Waals surface area contributed by atoms with Crippen LogP contribution in [0.15, 0.2) is 24.3 Å². The zero-order chi connectivity index (χ0) is 13.0. The molecule has 100 valence electrons. The number of ether oxygens (including phenoxy) is 2. The van der Waals surface area contributed by atoms with Gasteiger partial charge in [-0.1, -0.05) is 0 Å². The fourth-order valence-electron chi connectivity index (χ4n) is 2.39. The number of likely N-dealkylation sites (N-methyl/N-ethyl adjacent to an activating group) is 1. The molecule has 0 bridgehead atoms. The molecule has 1 aliphatic heterocycles. The summed E-state index contributed by atoms with van der Waals surface area (Å²) in [6, 6.07) is 8.62. The summed E-state index contributed by atoms with van der Waals surface area (Å²) >= 11 is 0. The summed E-state index contributed by atoms with van der Waals surface area (Å²) in [5.41, 5.74) is 1.21. The first-order chi connectivity index (χ1) is 8.74. The molecule has 1 aromatic carbocycles. The highest BCUT2D eigenvalue weighted by Crippen LogP contribution is 2.21. The molecule has 0 radical (unpaired) electrons. The molecule has 0 spiro atoms. The molecule has 1 saturated heterocycles. The molecule has 1 aliphatic rings. The molecule has 18 heavy (non-hydrogen) atoms. The van der Waals surface area contributed by atoms with E-state index in [1.807, 2.05) is 19.2 Å². The summed E-state index contributed by atoms with van der Waals surface area (Å²) in [5.74, 6) is 1.44. The lowest BCUT2D eigenvalue weighted by Gasteiger charge is -2.25. The fourth-order valence-corrected chi connectivity index (χ4v) is 2.39. The first kappa shape index (κ1) is 13.2. The number of rotatable bonds is 5. The van der Waals surface area contributed by atoms with Crippen LogP contribution in [0.5, 0.6) is 5.75 Å². The van der Waals surface area contributed by atoms with Gasteiger partial charge in [-0.05, 0) is 31.3 Å². The van der Waals surface area contributed by atoms with Crippen LogP contribution in [-0.4, -0.2) is 47.0 Å². The number of nitrogens with zero attached hydrogens (tertiary/aromatic N) is 1. The van der Waals surface area contributed by atoms with Crippen molar-refractivity contribution < 1.29 is 9.47 Å². The lowest BCUT2D eigenvalue weighted by atomic mass is 10.0. The maximum atomic E-state index is 5.52. The van der Waals surface area contributed by atoms with Crippen molar-refractivity contribution in [1.29, 1.82) is 0 Å². The van der Waals surface area contributed by atoms with Gasteiger partial charge in [-0.25, -0.2) is 0 Å². The van der Waals surface area contributed by atoms with E-state index in [4.69, 9.17) is 9.47 Å². The normalized spacial score (nSPS) is 23.1. The molecule has 1 heterocycles. The van der Waals surface area contributed by atoms with Crippen LogP contribution >= 0.6 is 0 Å². The summed E-state index contributed by atoms with van der Waals surface area (Å²) in [5, 5.41) is 3.32. The molecule has 2 rings (SSSR count). The van der Waals surface area contributed by atoms with Crippen LogP contribution in [0.25, 0.3) is 0 Å². The number of benzene rings is 1. The van der Waals surface area contributed by atoms with E-state index in [9.17, 15) is 0 Å². The molecule has 1 N–H and O–H groups in total. The minimum atomic E-state index is 0.464. The molecule has 1 fully saturated rings. The molecule has 0 saturated carbocycles. The van der Waals surface area contributed by atoms with Crippen molar-refractivity contribution in [1.82, 2.24) is 5.32 Å². The van der Waals surface area contributed by atoms with Gasteiger partial charge in [-0.3, -0.25) is 0 Å². The Balaban J connectivity index is 1.95. The highest BCUT2D eigenvalue weighted by molar-refractivity contribution is 5.48. The maximum absolute atomic E-state index is 5.52. The summed E-state index contributed by atoms with van der Waals surface area (Å²) in [6.45, 7) is 2.65. The summed E-state index contributed by atoms with van der Waals surface area (Å²) in [4.78, 5) is 2.27. The molecule has 0 amide bonds. The average Bonchev–Trinajstić information content (AvgIpc) is 2.86. The quantitative estimate of drug-likeness (QED) is 0.855. The van der Waals surface area contributed by atoms with Crippen LogP contribution in [-0.2, 0) is 4.74 Å². The Morgan fingerprint density at radius 3 is 2.67 bits per heavy atom. The van der Waals surface area contributed by atoms with Gasteiger partial charge in [0.2, 0.25) is 0 Å². The molecule has 2 atom stereocenters. The molecule has 2 unspecified atom stereocenters. The lowest BCUT2D eigenvalue weighted by Crippen LogP contribution is -2.39. The third-order valence-electron chi connectivity index (χ3n) is 3.59. The van der Waals surface area contributed by atoms with Gasteiger partial charge in [0.25, 0.3) is 0 Å². The van der Waals surface area contributed by atoms with Crippen molar-refractivity contribution >= 4 is 5.69 Å². The van der Waals surface area contributed by atoms with Gasteiger partial charge < -0.3 is 19.7 Å². The van der Waals surface area contributed by atoms with Crippen LogP contribution in [0.2, 0.25) is 0 Å². The molecule has 4 nitrogen and oxygen atoms in total. The minimum absolute atomic E-state index is 0.464. The van der Waals surface area contributed by atoms with Gasteiger partial charge in [0.05, 0.1) is 20.3 Å². The smallest absolute Gasteiger partial charge is 0.119 e. The number of methoxy groups -OCH3 is 1. The van der Waals surface area contributed by atoms with E-state index in [-0.39, 0.29) is 0 Å². The fraction of sp³-hybridized carbons (Fsp3) is 0.571.